The fraction of sp³-hybridized carbons (Fsp3) is 0.421. The summed E-state index contributed by atoms with van der Waals surface area (Å²) >= 11 is 1.70. The maximum absolute atomic E-state index is 12.4. The Morgan fingerprint density at radius 3 is 2.61 bits per heavy atom. The van der Waals surface area contributed by atoms with Crippen LogP contribution < -0.4 is 10.5 Å². The Balaban J connectivity index is 1.88. The summed E-state index contributed by atoms with van der Waals surface area (Å²) in [5.41, 5.74) is 2.75. The number of hydrogen-bond donors (Lipinski definition) is 1. The summed E-state index contributed by atoms with van der Waals surface area (Å²) in [4.78, 5) is 18.8. The van der Waals surface area contributed by atoms with Crippen molar-refractivity contribution in [1.29, 1.82) is 0 Å². The number of fused-ring (bicyclic) bond motifs is 1. The van der Waals surface area contributed by atoms with E-state index < -0.39 is 0 Å². The van der Waals surface area contributed by atoms with Crippen LogP contribution in [0.3, 0.4) is 0 Å². The third-order valence-electron chi connectivity index (χ3n) is 5.44. The molecule has 0 atom stereocenters. The van der Waals surface area contributed by atoms with E-state index in [0.717, 1.165) is 29.7 Å². The van der Waals surface area contributed by atoms with E-state index in [9.17, 15) is 4.79 Å². The van der Waals surface area contributed by atoms with E-state index in [0.29, 0.717) is 11.0 Å². The van der Waals surface area contributed by atoms with E-state index in [2.05, 4.69) is 28.1 Å². The molecule has 1 aromatic carbocycles. The van der Waals surface area contributed by atoms with Gasteiger partial charge in [0.2, 0.25) is 0 Å². The van der Waals surface area contributed by atoms with E-state index in [1.165, 1.54) is 30.6 Å². The number of hydrogen-bond acceptors (Lipinski definition) is 3. The van der Waals surface area contributed by atoms with Crippen molar-refractivity contribution in [1.82, 2.24) is 4.98 Å². The van der Waals surface area contributed by atoms with Crippen LogP contribution in [-0.2, 0) is 0 Å². The SMILES string of the molecule is C#Cc1c(N2CCC3(CC2)CC3)c2cc(SC)ccc2[nH]c1=O. The summed E-state index contributed by atoms with van der Waals surface area (Å²) in [6.45, 7) is 1.99. The van der Waals surface area contributed by atoms with Crippen LogP contribution in [0.5, 0.6) is 0 Å². The average molecular weight is 324 g/mol. The normalized spacial score (nSPS) is 19.0. The first-order chi connectivity index (χ1) is 11.2. The lowest BCUT2D eigenvalue weighted by Gasteiger charge is -2.35. The van der Waals surface area contributed by atoms with Gasteiger partial charge in [0.15, 0.2) is 0 Å². The number of thioether (sulfide) groups is 1. The fourth-order valence-electron chi connectivity index (χ4n) is 3.73. The molecule has 1 saturated heterocycles. The van der Waals surface area contributed by atoms with Gasteiger partial charge in [0.05, 0.1) is 11.2 Å². The number of aromatic nitrogens is 1. The lowest BCUT2D eigenvalue weighted by atomic mass is 9.92. The Bertz CT molecular complexity index is 863. The van der Waals surface area contributed by atoms with E-state index in [-0.39, 0.29) is 5.56 Å². The molecule has 4 heteroatoms. The first kappa shape index (κ1) is 14.7. The van der Waals surface area contributed by atoms with Crippen LogP contribution in [0, 0.1) is 17.8 Å². The lowest BCUT2D eigenvalue weighted by Crippen LogP contribution is -2.36. The lowest BCUT2D eigenvalue weighted by molar-refractivity contribution is 0.385. The number of rotatable bonds is 2. The Kier molecular flexibility index (Phi) is 3.42. The molecule has 0 unspecified atom stereocenters. The number of nitrogens with zero attached hydrogens (tertiary/aromatic N) is 1. The second-order valence-corrected chi connectivity index (χ2v) is 7.60. The van der Waals surface area contributed by atoms with Gasteiger partial charge in [-0.3, -0.25) is 4.79 Å². The Morgan fingerprint density at radius 1 is 1.26 bits per heavy atom. The second-order valence-electron chi connectivity index (χ2n) is 6.72. The first-order valence-electron chi connectivity index (χ1n) is 8.11. The molecule has 2 aromatic rings. The molecular formula is C19H20N2OS. The number of nitrogens with one attached hydrogen (secondary N) is 1. The second kappa shape index (κ2) is 5.35. The van der Waals surface area contributed by atoms with Crippen LogP contribution in [0.25, 0.3) is 10.9 Å². The molecule has 0 radical (unpaired) electrons. The van der Waals surface area contributed by atoms with Gasteiger partial charge in [0.1, 0.15) is 5.56 Å². The van der Waals surface area contributed by atoms with Crippen LogP contribution in [0.2, 0.25) is 0 Å². The molecule has 1 saturated carbocycles. The molecule has 1 spiro atoms. The van der Waals surface area contributed by atoms with Gasteiger partial charge in [-0.1, -0.05) is 5.92 Å². The van der Waals surface area contributed by atoms with Crippen molar-refractivity contribution in [3.05, 3.63) is 34.1 Å². The van der Waals surface area contributed by atoms with Crippen molar-refractivity contribution in [2.45, 2.75) is 30.6 Å². The molecular weight excluding hydrogens is 304 g/mol. The summed E-state index contributed by atoms with van der Waals surface area (Å²) in [5.74, 6) is 2.63. The van der Waals surface area contributed by atoms with E-state index in [4.69, 9.17) is 6.42 Å². The highest BCUT2D eigenvalue weighted by atomic mass is 32.2. The zero-order valence-electron chi connectivity index (χ0n) is 13.3. The maximum atomic E-state index is 12.4. The number of terminal acetylenes is 1. The van der Waals surface area contributed by atoms with Crippen molar-refractivity contribution in [2.75, 3.05) is 24.2 Å². The molecule has 0 bridgehead atoms. The topological polar surface area (TPSA) is 36.1 Å². The minimum absolute atomic E-state index is 0.154. The summed E-state index contributed by atoms with van der Waals surface area (Å²) < 4.78 is 0. The van der Waals surface area contributed by atoms with Crippen LogP contribution in [0.15, 0.2) is 27.9 Å². The highest BCUT2D eigenvalue weighted by molar-refractivity contribution is 7.98. The van der Waals surface area contributed by atoms with Gasteiger partial charge in [0.25, 0.3) is 5.56 Å². The monoisotopic (exact) mass is 324 g/mol. The summed E-state index contributed by atoms with van der Waals surface area (Å²) in [7, 11) is 0. The number of benzene rings is 1. The number of aromatic amines is 1. The first-order valence-corrected chi connectivity index (χ1v) is 9.34. The standard InChI is InChI=1S/C19H20N2OS/c1-3-14-17(21-10-8-19(6-7-19)9-11-21)15-12-13(23-2)4-5-16(15)20-18(14)22/h1,4-5,12H,6-11H2,2H3,(H,20,22). The van der Waals surface area contributed by atoms with Gasteiger partial charge in [-0.15, -0.1) is 18.2 Å². The van der Waals surface area contributed by atoms with E-state index >= 15 is 0 Å². The number of H-pyrrole nitrogens is 1. The predicted molar refractivity (Wildman–Crippen MR) is 97.4 cm³/mol. The van der Waals surface area contributed by atoms with Gasteiger partial charge >= 0.3 is 0 Å². The van der Waals surface area contributed by atoms with Crippen molar-refractivity contribution >= 4 is 28.4 Å². The van der Waals surface area contributed by atoms with Crippen LogP contribution in [-0.4, -0.2) is 24.3 Å². The van der Waals surface area contributed by atoms with Gasteiger partial charge in [-0.25, -0.2) is 0 Å². The summed E-state index contributed by atoms with van der Waals surface area (Å²) in [6.07, 6.45) is 12.9. The van der Waals surface area contributed by atoms with Crippen LogP contribution in [0.1, 0.15) is 31.2 Å². The van der Waals surface area contributed by atoms with Gasteiger partial charge in [-0.2, -0.15) is 0 Å². The molecule has 1 aromatic heterocycles. The molecule has 3 nitrogen and oxygen atoms in total. The number of anilines is 1. The average Bonchev–Trinajstić information content (AvgIpc) is 3.33. The predicted octanol–water partition coefficient (Wildman–Crippen LogP) is 3.61. The third kappa shape index (κ3) is 2.44. The van der Waals surface area contributed by atoms with Crippen molar-refractivity contribution in [3.8, 4) is 12.3 Å². The Labute approximate surface area is 140 Å². The van der Waals surface area contributed by atoms with E-state index in [1.54, 1.807) is 11.8 Å². The molecule has 4 rings (SSSR count). The van der Waals surface area contributed by atoms with Crippen molar-refractivity contribution < 1.29 is 0 Å². The molecule has 2 fully saturated rings. The van der Waals surface area contributed by atoms with Gasteiger partial charge in [-0.05, 0) is 55.6 Å². The summed E-state index contributed by atoms with van der Waals surface area (Å²) in [6, 6.07) is 6.17. The molecule has 2 aliphatic rings. The molecule has 23 heavy (non-hydrogen) atoms. The highest BCUT2D eigenvalue weighted by Crippen LogP contribution is 2.54. The molecule has 1 aliphatic carbocycles. The molecule has 2 heterocycles. The number of pyridine rings is 1. The highest BCUT2D eigenvalue weighted by Gasteiger charge is 2.44. The fourth-order valence-corrected chi connectivity index (χ4v) is 4.17. The minimum Gasteiger partial charge on any atom is -0.370 e. The Hall–Kier alpha value is -1.86. The minimum atomic E-state index is -0.154. The molecule has 0 amide bonds. The zero-order valence-corrected chi connectivity index (χ0v) is 14.1. The zero-order chi connectivity index (χ0) is 16.0. The summed E-state index contributed by atoms with van der Waals surface area (Å²) in [5, 5.41) is 1.07. The van der Waals surface area contributed by atoms with Crippen molar-refractivity contribution in [2.24, 2.45) is 5.41 Å². The maximum Gasteiger partial charge on any atom is 0.266 e. The van der Waals surface area contributed by atoms with Crippen LogP contribution in [0.4, 0.5) is 5.69 Å². The quantitative estimate of drug-likeness (QED) is 0.677. The largest absolute Gasteiger partial charge is 0.370 e. The van der Waals surface area contributed by atoms with Crippen molar-refractivity contribution in [3.63, 3.8) is 0 Å². The number of piperidine rings is 1. The molecule has 1 aliphatic heterocycles. The Morgan fingerprint density at radius 2 is 2.00 bits per heavy atom. The molecule has 118 valence electrons. The van der Waals surface area contributed by atoms with Gasteiger partial charge in [0, 0.05) is 23.4 Å². The smallest absolute Gasteiger partial charge is 0.266 e. The third-order valence-corrected chi connectivity index (χ3v) is 6.16. The molecule has 1 N–H and O–H groups in total. The van der Waals surface area contributed by atoms with Crippen LogP contribution >= 0.6 is 11.8 Å². The van der Waals surface area contributed by atoms with E-state index in [1.807, 2.05) is 12.1 Å². The van der Waals surface area contributed by atoms with Gasteiger partial charge < -0.3 is 9.88 Å².